The fourth-order valence-electron chi connectivity index (χ4n) is 2.00. The number of amides is 1. The third kappa shape index (κ3) is 2.88. The van der Waals surface area contributed by atoms with Gasteiger partial charge >= 0.3 is 0 Å². The van der Waals surface area contributed by atoms with Crippen molar-refractivity contribution in [3.8, 4) is 0 Å². The minimum absolute atomic E-state index is 0.0223. The number of pyridine rings is 1. The lowest BCUT2D eigenvalue weighted by Gasteiger charge is -2.42. The minimum Gasteiger partial charge on any atom is -0.376 e. The van der Waals surface area contributed by atoms with Crippen LogP contribution in [0.5, 0.6) is 0 Å². The maximum atomic E-state index is 12.0. The predicted octanol–water partition coefficient (Wildman–Crippen LogP) is 1.08. The fourth-order valence-corrected chi connectivity index (χ4v) is 2.36. The summed E-state index contributed by atoms with van der Waals surface area (Å²) in [4.78, 5) is 16.0. The van der Waals surface area contributed by atoms with Gasteiger partial charge in [0.15, 0.2) is 0 Å². The van der Waals surface area contributed by atoms with Gasteiger partial charge in [-0.2, -0.15) is 0 Å². The molecule has 18 heavy (non-hydrogen) atoms. The topological polar surface area (TPSA) is 77.2 Å². The molecule has 98 valence electrons. The van der Waals surface area contributed by atoms with Crippen molar-refractivity contribution in [2.75, 3.05) is 6.61 Å². The van der Waals surface area contributed by atoms with Gasteiger partial charge in [-0.1, -0.05) is 0 Å². The largest absolute Gasteiger partial charge is 0.376 e. The van der Waals surface area contributed by atoms with Crippen LogP contribution in [0.2, 0.25) is 0 Å². The van der Waals surface area contributed by atoms with E-state index < -0.39 is 0 Å². The van der Waals surface area contributed by atoms with Crippen molar-refractivity contribution in [3.05, 3.63) is 28.5 Å². The number of nitrogens with zero attached hydrogens (tertiary/aromatic N) is 1. The third-order valence-corrected chi connectivity index (χ3v) is 3.45. The molecule has 1 saturated carbocycles. The first-order valence-corrected chi connectivity index (χ1v) is 6.69. The zero-order valence-electron chi connectivity index (χ0n) is 10.1. The Morgan fingerprint density at radius 2 is 2.44 bits per heavy atom. The van der Waals surface area contributed by atoms with Gasteiger partial charge in [-0.15, -0.1) is 0 Å². The lowest BCUT2D eigenvalue weighted by molar-refractivity contribution is -0.0300. The number of ether oxygens (including phenoxy) is 1. The van der Waals surface area contributed by atoms with Gasteiger partial charge in [-0.3, -0.25) is 9.78 Å². The standard InChI is InChI=1S/C12H16BrN3O2/c1-2-18-10-4-9(14)11(10)16-12(17)7-3-8(13)6-15-5-7/h3,5-6,9-11H,2,4,14H2,1H3,(H,16,17). The van der Waals surface area contributed by atoms with E-state index in [0.29, 0.717) is 12.2 Å². The molecule has 1 amide bonds. The Bertz CT molecular complexity index is 439. The lowest BCUT2D eigenvalue weighted by Crippen LogP contribution is -2.64. The second-order valence-electron chi connectivity index (χ2n) is 4.28. The molecular weight excluding hydrogens is 298 g/mol. The molecule has 5 nitrogen and oxygen atoms in total. The van der Waals surface area contributed by atoms with Crippen molar-refractivity contribution < 1.29 is 9.53 Å². The molecule has 1 aromatic heterocycles. The van der Waals surface area contributed by atoms with Gasteiger partial charge in [0, 0.05) is 29.5 Å². The lowest BCUT2D eigenvalue weighted by atomic mass is 9.83. The molecule has 3 unspecified atom stereocenters. The highest BCUT2D eigenvalue weighted by atomic mass is 79.9. The van der Waals surface area contributed by atoms with Gasteiger partial charge in [-0.05, 0) is 35.3 Å². The second kappa shape index (κ2) is 5.77. The molecule has 0 bridgehead atoms. The van der Waals surface area contributed by atoms with Crippen LogP contribution in [0.15, 0.2) is 22.9 Å². The summed E-state index contributed by atoms with van der Waals surface area (Å²) in [5.74, 6) is -0.173. The van der Waals surface area contributed by atoms with Crippen LogP contribution in [0.25, 0.3) is 0 Å². The van der Waals surface area contributed by atoms with E-state index in [0.717, 1.165) is 10.9 Å². The average Bonchev–Trinajstić information content (AvgIpc) is 2.35. The number of halogens is 1. The van der Waals surface area contributed by atoms with E-state index in [-0.39, 0.29) is 24.1 Å². The number of carbonyl (C=O) groups excluding carboxylic acids is 1. The summed E-state index contributed by atoms with van der Waals surface area (Å²) in [7, 11) is 0. The average molecular weight is 314 g/mol. The summed E-state index contributed by atoms with van der Waals surface area (Å²) in [5, 5.41) is 2.89. The van der Waals surface area contributed by atoms with E-state index in [9.17, 15) is 4.79 Å². The predicted molar refractivity (Wildman–Crippen MR) is 71.2 cm³/mol. The first kappa shape index (κ1) is 13.5. The number of hydrogen-bond donors (Lipinski definition) is 2. The summed E-state index contributed by atoms with van der Waals surface area (Å²) in [5.41, 5.74) is 6.39. The van der Waals surface area contributed by atoms with Crippen LogP contribution in [0, 0.1) is 0 Å². The zero-order chi connectivity index (χ0) is 13.1. The Labute approximate surface area is 114 Å². The van der Waals surface area contributed by atoms with E-state index in [1.807, 2.05) is 6.92 Å². The van der Waals surface area contributed by atoms with E-state index in [1.54, 1.807) is 12.3 Å². The normalized spacial score (nSPS) is 26.5. The van der Waals surface area contributed by atoms with Crippen LogP contribution in [0.4, 0.5) is 0 Å². The molecule has 1 heterocycles. The molecule has 1 aliphatic carbocycles. The van der Waals surface area contributed by atoms with Crippen molar-refractivity contribution in [3.63, 3.8) is 0 Å². The molecule has 3 N–H and O–H groups in total. The second-order valence-corrected chi connectivity index (χ2v) is 5.20. The van der Waals surface area contributed by atoms with Crippen LogP contribution in [0.3, 0.4) is 0 Å². The molecular formula is C12H16BrN3O2. The molecule has 6 heteroatoms. The van der Waals surface area contributed by atoms with Crippen LogP contribution >= 0.6 is 15.9 Å². The van der Waals surface area contributed by atoms with Crippen LogP contribution in [-0.2, 0) is 4.74 Å². The number of carbonyl (C=O) groups is 1. The quantitative estimate of drug-likeness (QED) is 0.872. The molecule has 2 rings (SSSR count). The maximum absolute atomic E-state index is 12.0. The number of rotatable bonds is 4. The van der Waals surface area contributed by atoms with E-state index in [4.69, 9.17) is 10.5 Å². The monoisotopic (exact) mass is 313 g/mol. The molecule has 0 aromatic carbocycles. The fraction of sp³-hybridized carbons (Fsp3) is 0.500. The van der Waals surface area contributed by atoms with Crippen molar-refractivity contribution in [1.29, 1.82) is 0 Å². The number of nitrogens with one attached hydrogen (secondary N) is 1. The SMILES string of the molecule is CCOC1CC(N)C1NC(=O)c1cncc(Br)c1. The van der Waals surface area contributed by atoms with E-state index in [2.05, 4.69) is 26.2 Å². The molecule has 1 aliphatic rings. The molecule has 0 aliphatic heterocycles. The number of nitrogens with two attached hydrogens (primary N) is 1. The number of hydrogen-bond acceptors (Lipinski definition) is 4. The van der Waals surface area contributed by atoms with E-state index in [1.165, 1.54) is 6.20 Å². The summed E-state index contributed by atoms with van der Waals surface area (Å²) >= 11 is 3.28. The summed E-state index contributed by atoms with van der Waals surface area (Å²) in [6.45, 7) is 2.56. The van der Waals surface area contributed by atoms with Gasteiger partial charge in [0.05, 0.1) is 17.7 Å². The minimum atomic E-state index is -0.173. The van der Waals surface area contributed by atoms with Gasteiger partial charge in [0.2, 0.25) is 0 Å². The highest BCUT2D eigenvalue weighted by molar-refractivity contribution is 9.10. The van der Waals surface area contributed by atoms with Crippen LogP contribution in [-0.4, -0.2) is 35.7 Å². The van der Waals surface area contributed by atoms with Crippen molar-refractivity contribution in [1.82, 2.24) is 10.3 Å². The maximum Gasteiger partial charge on any atom is 0.253 e. The Hall–Kier alpha value is -0.980. The summed E-state index contributed by atoms with van der Waals surface area (Å²) in [6.07, 6.45) is 3.97. The highest BCUT2D eigenvalue weighted by Crippen LogP contribution is 2.23. The molecule has 1 aromatic rings. The van der Waals surface area contributed by atoms with E-state index >= 15 is 0 Å². The van der Waals surface area contributed by atoms with Gasteiger partial charge in [-0.25, -0.2) is 0 Å². The number of aromatic nitrogens is 1. The van der Waals surface area contributed by atoms with Gasteiger partial charge in [0.25, 0.3) is 5.91 Å². The zero-order valence-corrected chi connectivity index (χ0v) is 11.7. The van der Waals surface area contributed by atoms with Gasteiger partial charge < -0.3 is 15.8 Å². The molecule has 0 radical (unpaired) electrons. The highest BCUT2D eigenvalue weighted by Gasteiger charge is 2.40. The Kier molecular flexibility index (Phi) is 4.31. The first-order valence-electron chi connectivity index (χ1n) is 5.90. The van der Waals surface area contributed by atoms with Crippen LogP contribution in [0.1, 0.15) is 23.7 Å². The van der Waals surface area contributed by atoms with Crippen LogP contribution < -0.4 is 11.1 Å². The Morgan fingerprint density at radius 3 is 3.06 bits per heavy atom. The molecule has 3 atom stereocenters. The summed E-state index contributed by atoms with van der Waals surface area (Å²) < 4.78 is 6.27. The third-order valence-electron chi connectivity index (χ3n) is 3.01. The van der Waals surface area contributed by atoms with Crippen molar-refractivity contribution in [2.24, 2.45) is 5.73 Å². The van der Waals surface area contributed by atoms with Crippen molar-refractivity contribution in [2.45, 2.75) is 31.5 Å². The Balaban J connectivity index is 1.98. The van der Waals surface area contributed by atoms with Gasteiger partial charge in [0.1, 0.15) is 0 Å². The first-order chi connectivity index (χ1) is 8.61. The smallest absolute Gasteiger partial charge is 0.253 e. The molecule has 0 spiro atoms. The Morgan fingerprint density at radius 1 is 1.67 bits per heavy atom. The van der Waals surface area contributed by atoms with Crippen molar-refractivity contribution >= 4 is 21.8 Å². The summed E-state index contributed by atoms with van der Waals surface area (Å²) in [6, 6.07) is 1.57. The molecule has 1 fully saturated rings. The molecule has 0 saturated heterocycles.